The maximum atomic E-state index is 3.69. The summed E-state index contributed by atoms with van der Waals surface area (Å²) in [7, 11) is 0. The van der Waals surface area contributed by atoms with Gasteiger partial charge in [0.1, 0.15) is 0 Å². The van der Waals surface area contributed by atoms with Crippen LogP contribution < -0.4 is 0 Å². The van der Waals surface area contributed by atoms with E-state index in [2.05, 4.69) is 58.9 Å². The number of halogens is 1. The predicted molar refractivity (Wildman–Crippen MR) is 87.0 cm³/mol. The van der Waals surface area contributed by atoms with Gasteiger partial charge in [0, 0.05) is 17.9 Å². The lowest BCUT2D eigenvalue weighted by atomic mass is 10.0. The van der Waals surface area contributed by atoms with Gasteiger partial charge in [-0.3, -0.25) is 4.90 Å². The minimum absolute atomic E-state index is 0.627. The van der Waals surface area contributed by atoms with Crippen molar-refractivity contribution in [3.05, 3.63) is 35.4 Å². The molecule has 0 N–H and O–H groups in total. The molecule has 0 saturated carbocycles. The smallest absolute Gasteiger partial charge is 0.0237 e. The van der Waals surface area contributed by atoms with Gasteiger partial charge in [0.15, 0.2) is 0 Å². The van der Waals surface area contributed by atoms with Gasteiger partial charge in [0.05, 0.1) is 0 Å². The monoisotopic (exact) mass is 323 g/mol. The summed E-state index contributed by atoms with van der Waals surface area (Å²) >= 11 is 3.69. The highest BCUT2D eigenvalue weighted by atomic mass is 79.9. The van der Waals surface area contributed by atoms with Gasteiger partial charge in [0.2, 0.25) is 0 Å². The Hall–Kier alpha value is -0.340. The van der Waals surface area contributed by atoms with Crippen LogP contribution in [0, 0.1) is 0 Å². The maximum absolute atomic E-state index is 3.69. The van der Waals surface area contributed by atoms with Crippen LogP contribution in [0.4, 0.5) is 0 Å². The second-order valence-corrected chi connectivity index (χ2v) is 6.67. The van der Waals surface area contributed by atoms with Crippen molar-refractivity contribution in [3.8, 4) is 0 Å². The molecule has 0 spiro atoms. The van der Waals surface area contributed by atoms with E-state index in [1.165, 1.54) is 43.4 Å². The average molecular weight is 324 g/mol. The Labute approximate surface area is 126 Å². The van der Waals surface area contributed by atoms with Crippen LogP contribution in [0.3, 0.4) is 0 Å². The molecule has 1 aromatic rings. The summed E-state index contributed by atoms with van der Waals surface area (Å²) in [4.78, 5) is 2.66. The Bertz CT molecular complexity index is 371. The number of hydrogen-bond donors (Lipinski definition) is 0. The van der Waals surface area contributed by atoms with Gasteiger partial charge in [-0.2, -0.15) is 0 Å². The van der Waals surface area contributed by atoms with Crippen molar-refractivity contribution in [3.63, 3.8) is 0 Å². The molecular weight excluding hydrogens is 298 g/mol. The minimum Gasteiger partial charge on any atom is -0.295 e. The van der Waals surface area contributed by atoms with Gasteiger partial charge >= 0.3 is 0 Å². The zero-order chi connectivity index (χ0) is 13.7. The molecule has 0 radical (unpaired) electrons. The normalized spacial score (nSPS) is 21.6. The van der Waals surface area contributed by atoms with Crippen LogP contribution in [0.5, 0.6) is 0 Å². The fourth-order valence-electron chi connectivity index (χ4n) is 2.86. The van der Waals surface area contributed by atoms with Crippen LogP contribution in [0.15, 0.2) is 24.3 Å². The third kappa shape index (κ3) is 4.32. The second kappa shape index (κ2) is 7.44. The molecule has 2 heteroatoms. The molecule has 1 atom stereocenters. The third-order valence-electron chi connectivity index (χ3n) is 4.21. The van der Waals surface area contributed by atoms with Crippen molar-refractivity contribution in [2.24, 2.45) is 0 Å². The first-order valence-corrected chi connectivity index (χ1v) is 8.71. The molecule has 0 aromatic heterocycles. The minimum atomic E-state index is 0.627. The fraction of sp³-hybridized carbons (Fsp3) is 0.647. The number of nitrogens with zero attached hydrogens (tertiary/aromatic N) is 1. The quantitative estimate of drug-likeness (QED) is 0.708. The molecule has 0 aliphatic carbocycles. The molecule has 1 unspecified atom stereocenters. The molecule has 1 saturated heterocycles. The molecule has 1 aromatic carbocycles. The van der Waals surface area contributed by atoms with E-state index in [9.17, 15) is 0 Å². The van der Waals surface area contributed by atoms with Crippen molar-refractivity contribution in [2.75, 3.05) is 11.9 Å². The van der Waals surface area contributed by atoms with Gasteiger partial charge in [-0.05, 0) is 36.4 Å². The first kappa shape index (κ1) is 15.1. The summed E-state index contributed by atoms with van der Waals surface area (Å²) in [5, 5.41) is 1.11. The van der Waals surface area contributed by atoms with Crippen LogP contribution in [0.1, 0.15) is 56.6 Å². The maximum Gasteiger partial charge on any atom is 0.0237 e. The molecule has 1 fully saturated rings. The van der Waals surface area contributed by atoms with E-state index in [0.29, 0.717) is 12.0 Å². The Kier molecular flexibility index (Phi) is 5.90. The zero-order valence-electron chi connectivity index (χ0n) is 12.2. The standard InChI is InChI=1S/C17H26BrN/c1-14(2)16-9-7-15(8-10-16)13-19-11-5-3-4-6-17(19)12-18/h7-10,14,17H,3-6,11-13H2,1-2H3. The first-order valence-electron chi connectivity index (χ1n) is 7.59. The van der Waals surface area contributed by atoms with E-state index >= 15 is 0 Å². The predicted octanol–water partition coefficient (Wildman–Crippen LogP) is 4.95. The molecule has 106 valence electrons. The topological polar surface area (TPSA) is 3.24 Å². The molecule has 0 bridgehead atoms. The first-order chi connectivity index (χ1) is 9.20. The van der Waals surface area contributed by atoms with Gasteiger partial charge < -0.3 is 0 Å². The number of benzene rings is 1. The number of hydrogen-bond acceptors (Lipinski definition) is 1. The summed E-state index contributed by atoms with van der Waals surface area (Å²) in [6.07, 6.45) is 5.48. The van der Waals surface area contributed by atoms with Crippen molar-refractivity contribution >= 4 is 15.9 Å². The summed E-state index contributed by atoms with van der Waals surface area (Å²) in [5.74, 6) is 0.627. The number of alkyl halides is 1. The number of rotatable bonds is 4. The summed E-state index contributed by atoms with van der Waals surface area (Å²) in [6.45, 7) is 6.87. The molecular formula is C17H26BrN. The van der Waals surface area contributed by atoms with Gasteiger partial charge in [0.25, 0.3) is 0 Å². The van der Waals surface area contributed by atoms with Crippen LogP contribution in [0.2, 0.25) is 0 Å². The van der Waals surface area contributed by atoms with Gasteiger partial charge in [-0.25, -0.2) is 0 Å². The largest absolute Gasteiger partial charge is 0.295 e. The molecule has 19 heavy (non-hydrogen) atoms. The second-order valence-electron chi connectivity index (χ2n) is 6.02. The van der Waals surface area contributed by atoms with Crippen molar-refractivity contribution in [2.45, 2.75) is 58.0 Å². The molecule has 1 heterocycles. The van der Waals surface area contributed by atoms with Crippen LogP contribution in [0.25, 0.3) is 0 Å². The zero-order valence-corrected chi connectivity index (χ0v) is 13.8. The lowest BCUT2D eigenvalue weighted by molar-refractivity contribution is 0.209. The van der Waals surface area contributed by atoms with E-state index in [1.807, 2.05) is 0 Å². The van der Waals surface area contributed by atoms with E-state index in [4.69, 9.17) is 0 Å². The highest BCUT2D eigenvalue weighted by Gasteiger charge is 2.19. The Balaban J connectivity index is 2.01. The number of likely N-dealkylation sites (tertiary alicyclic amines) is 1. The Morgan fingerprint density at radius 2 is 1.89 bits per heavy atom. The highest BCUT2D eigenvalue weighted by Crippen LogP contribution is 2.21. The van der Waals surface area contributed by atoms with Crippen LogP contribution in [-0.4, -0.2) is 22.8 Å². The SMILES string of the molecule is CC(C)c1ccc(CN2CCCCCC2CBr)cc1. The average Bonchev–Trinajstić information content (AvgIpc) is 2.64. The van der Waals surface area contributed by atoms with Crippen LogP contribution in [-0.2, 0) is 6.54 Å². The fourth-order valence-corrected chi connectivity index (χ4v) is 3.60. The molecule has 1 aliphatic heterocycles. The van der Waals surface area contributed by atoms with Crippen molar-refractivity contribution < 1.29 is 0 Å². The summed E-state index contributed by atoms with van der Waals surface area (Å²) in [5.41, 5.74) is 2.90. The highest BCUT2D eigenvalue weighted by molar-refractivity contribution is 9.09. The lowest BCUT2D eigenvalue weighted by Gasteiger charge is -2.28. The van der Waals surface area contributed by atoms with E-state index in [-0.39, 0.29) is 0 Å². The van der Waals surface area contributed by atoms with Gasteiger partial charge in [-0.15, -0.1) is 0 Å². The molecule has 1 aliphatic rings. The molecule has 1 nitrogen and oxygen atoms in total. The third-order valence-corrected chi connectivity index (χ3v) is 4.96. The van der Waals surface area contributed by atoms with Gasteiger partial charge in [-0.1, -0.05) is 66.9 Å². The lowest BCUT2D eigenvalue weighted by Crippen LogP contribution is -2.35. The van der Waals surface area contributed by atoms with E-state index in [0.717, 1.165) is 11.9 Å². The van der Waals surface area contributed by atoms with E-state index in [1.54, 1.807) is 0 Å². The van der Waals surface area contributed by atoms with Crippen molar-refractivity contribution in [1.82, 2.24) is 4.90 Å². The molecule has 2 rings (SSSR count). The summed E-state index contributed by atoms with van der Waals surface area (Å²) in [6, 6.07) is 9.92. The van der Waals surface area contributed by atoms with E-state index < -0.39 is 0 Å². The Morgan fingerprint density at radius 1 is 1.16 bits per heavy atom. The van der Waals surface area contributed by atoms with Crippen molar-refractivity contribution in [1.29, 1.82) is 0 Å². The Morgan fingerprint density at radius 3 is 2.53 bits per heavy atom. The summed E-state index contributed by atoms with van der Waals surface area (Å²) < 4.78 is 0. The molecule has 0 amide bonds. The van der Waals surface area contributed by atoms with Crippen LogP contribution >= 0.6 is 15.9 Å².